The Kier molecular flexibility index (Phi) is 5.42. The molecular weight excluding hydrogens is 280 g/mol. The van der Waals surface area contributed by atoms with Crippen molar-refractivity contribution in [3.05, 3.63) is 53.6 Å². The highest BCUT2D eigenvalue weighted by Crippen LogP contribution is 2.26. The molecule has 0 unspecified atom stereocenters. The third-order valence-electron chi connectivity index (χ3n) is 3.21. The monoisotopic (exact) mass is 300 g/mol. The van der Waals surface area contributed by atoms with Gasteiger partial charge in [-0.3, -0.25) is 0 Å². The molecule has 0 fully saturated rings. The van der Waals surface area contributed by atoms with Gasteiger partial charge in [-0.1, -0.05) is 18.2 Å². The van der Waals surface area contributed by atoms with Crippen LogP contribution in [0.15, 0.2) is 42.5 Å². The summed E-state index contributed by atoms with van der Waals surface area (Å²) in [6.07, 6.45) is 0. The highest BCUT2D eigenvalue weighted by molar-refractivity contribution is 5.74. The SMILES string of the molecule is CCOc1ccccc1OC(=O)COc1ccc(C)c(C)c1. The number of aryl methyl sites for hydroxylation is 2. The highest BCUT2D eigenvalue weighted by atomic mass is 16.6. The molecule has 0 aliphatic rings. The van der Waals surface area contributed by atoms with E-state index < -0.39 is 5.97 Å². The lowest BCUT2D eigenvalue weighted by atomic mass is 10.1. The van der Waals surface area contributed by atoms with E-state index in [2.05, 4.69) is 0 Å². The van der Waals surface area contributed by atoms with E-state index in [1.54, 1.807) is 18.2 Å². The van der Waals surface area contributed by atoms with Crippen molar-refractivity contribution >= 4 is 5.97 Å². The van der Waals surface area contributed by atoms with E-state index in [1.165, 1.54) is 5.56 Å². The highest BCUT2D eigenvalue weighted by Gasteiger charge is 2.10. The first-order valence-corrected chi connectivity index (χ1v) is 7.22. The van der Waals surface area contributed by atoms with Crippen LogP contribution in [0.3, 0.4) is 0 Å². The lowest BCUT2D eigenvalue weighted by Crippen LogP contribution is -2.18. The topological polar surface area (TPSA) is 44.8 Å². The maximum absolute atomic E-state index is 11.9. The number of esters is 1. The van der Waals surface area contributed by atoms with Crippen molar-refractivity contribution in [2.75, 3.05) is 13.2 Å². The predicted octanol–water partition coefficient (Wildman–Crippen LogP) is 3.69. The smallest absolute Gasteiger partial charge is 0.349 e. The second-order valence-corrected chi connectivity index (χ2v) is 4.89. The standard InChI is InChI=1S/C18H20O4/c1-4-20-16-7-5-6-8-17(16)22-18(19)12-21-15-10-9-13(2)14(3)11-15/h5-11H,4,12H2,1-3H3. The summed E-state index contributed by atoms with van der Waals surface area (Å²) in [6, 6.07) is 12.8. The van der Waals surface area contributed by atoms with Gasteiger partial charge in [-0.2, -0.15) is 0 Å². The van der Waals surface area contributed by atoms with Crippen LogP contribution in [0, 0.1) is 13.8 Å². The Morgan fingerprint density at radius 2 is 1.68 bits per heavy atom. The van der Waals surface area contributed by atoms with E-state index in [4.69, 9.17) is 14.2 Å². The van der Waals surface area contributed by atoms with Crippen LogP contribution in [0.2, 0.25) is 0 Å². The lowest BCUT2D eigenvalue weighted by molar-refractivity contribution is -0.136. The number of rotatable bonds is 6. The van der Waals surface area contributed by atoms with Crippen molar-refractivity contribution in [2.24, 2.45) is 0 Å². The fourth-order valence-corrected chi connectivity index (χ4v) is 1.91. The fraction of sp³-hybridized carbons (Fsp3) is 0.278. The molecule has 0 saturated carbocycles. The molecule has 2 aromatic carbocycles. The molecule has 22 heavy (non-hydrogen) atoms. The average molecular weight is 300 g/mol. The predicted molar refractivity (Wildman–Crippen MR) is 84.7 cm³/mol. The first kappa shape index (κ1) is 15.9. The van der Waals surface area contributed by atoms with Crippen LogP contribution in [-0.4, -0.2) is 19.2 Å². The Balaban J connectivity index is 1.94. The van der Waals surface area contributed by atoms with Gasteiger partial charge in [0.2, 0.25) is 0 Å². The minimum Gasteiger partial charge on any atom is -0.490 e. The summed E-state index contributed by atoms with van der Waals surface area (Å²) in [7, 11) is 0. The molecule has 4 heteroatoms. The van der Waals surface area contributed by atoms with Gasteiger partial charge in [-0.25, -0.2) is 4.79 Å². The van der Waals surface area contributed by atoms with Crippen LogP contribution in [-0.2, 0) is 4.79 Å². The third-order valence-corrected chi connectivity index (χ3v) is 3.21. The molecule has 0 amide bonds. The summed E-state index contributed by atoms with van der Waals surface area (Å²) in [6.45, 7) is 6.26. The molecular formula is C18H20O4. The zero-order valence-electron chi connectivity index (χ0n) is 13.1. The summed E-state index contributed by atoms with van der Waals surface area (Å²) >= 11 is 0. The van der Waals surface area contributed by atoms with Crippen molar-refractivity contribution in [1.29, 1.82) is 0 Å². The minimum atomic E-state index is -0.467. The first-order valence-electron chi connectivity index (χ1n) is 7.22. The van der Waals surface area contributed by atoms with Crippen molar-refractivity contribution in [1.82, 2.24) is 0 Å². The Labute approximate surface area is 130 Å². The van der Waals surface area contributed by atoms with E-state index >= 15 is 0 Å². The molecule has 116 valence electrons. The van der Waals surface area contributed by atoms with Gasteiger partial charge < -0.3 is 14.2 Å². The molecule has 0 heterocycles. The summed E-state index contributed by atoms with van der Waals surface area (Å²) in [5.41, 5.74) is 2.30. The molecule has 0 aromatic heterocycles. The Morgan fingerprint density at radius 3 is 2.36 bits per heavy atom. The van der Waals surface area contributed by atoms with Crippen molar-refractivity contribution in [3.8, 4) is 17.2 Å². The lowest BCUT2D eigenvalue weighted by Gasteiger charge is -2.11. The van der Waals surface area contributed by atoms with Crippen LogP contribution < -0.4 is 14.2 Å². The number of benzene rings is 2. The second-order valence-electron chi connectivity index (χ2n) is 4.89. The molecule has 4 nitrogen and oxygen atoms in total. The number of carbonyl (C=O) groups excluding carboxylic acids is 1. The molecule has 0 N–H and O–H groups in total. The minimum absolute atomic E-state index is 0.150. The Bertz CT molecular complexity index is 649. The largest absolute Gasteiger partial charge is 0.490 e. The first-order chi connectivity index (χ1) is 10.6. The van der Waals surface area contributed by atoms with Crippen LogP contribution >= 0.6 is 0 Å². The third kappa shape index (κ3) is 4.25. The molecule has 0 spiro atoms. The van der Waals surface area contributed by atoms with Gasteiger partial charge in [0.05, 0.1) is 6.61 Å². The summed E-state index contributed by atoms with van der Waals surface area (Å²) < 4.78 is 16.2. The number of para-hydroxylation sites is 2. The van der Waals surface area contributed by atoms with E-state index in [-0.39, 0.29) is 6.61 Å². The molecule has 0 bridgehead atoms. The quantitative estimate of drug-likeness (QED) is 0.603. The van der Waals surface area contributed by atoms with Gasteiger partial charge >= 0.3 is 5.97 Å². The average Bonchev–Trinajstić information content (AvgIpc) is 2.51. The maximum Gasteiger partial charge on any atom is 0.349 e. The van der Waals surface area contributed by atoms with E-state index in [9.17, 15) is 4.79 Å². The van der Waals surface area contributed by atoms with Crippen molar-refractivity contribution in [2.45, 2.75) is 20.8 Å². The van der Waals surface area contributed by atoms with E-state index in [0.29, 0.717) is 23.9 Å². The summed E-state index contributed by atoms with van der Waals surface area (Å²) in [4.78, 5) is 11.9. The molecule has 0 aliphatic carbocycles. The normalized spacial score (nSPS) is 10.1. The van der Waals surface area contributed by atoms with Gasteiger partial charge in [0, 0.05) is 0 Å². The summed E-state index contributed by atoms with van der Waals surface area (Å²) in [5.74, 6) is 1.13. The van der Waals surface area contributed by atoms with Crippen LogP contribution in [0.1, 0.15) is 18.1 Å². The van der Waals surface area contributed by atoms with Gasteiger partial charge in [0.25, 0.3) is 0 Å². The molecule has 0 radical (unpaired) electrons. The van der Waals surface area contributed by atoms with E-state index in [0.717, 1.165) is 5.56 Å². The van der Waals surface area contributed by atoms with Crippen LogP contribution in [0.4, 0.5) is 0 Å². The fourth-order valence-electron chi connectivity index (χ4n) is 1.91. The molecule has 2 rings (SSSR count). The number of ether oxygens (including phenoxy) is 3. The molecule has 0 atom stereocenters. The zero-order chi connectivity index (χ0) is 15.9. The molecule has 0 aliphatic heterocycles. The molecule has 0 saturated heterocycles. The summed E-state index contributed by atoms with van der Waals surface area (Å²) in [5, 5.41) is 0. The number of hydrogen-bond donors (Lipinski definition) is 0. The van der Waals surface area contributed by atoms with Crippen molar-refractivity contribution in [3.63, 3.8) is 0 Å². The van der Waals surface area contributed by atoms with Gasteiger partial charge in [-0.15, -0.1) is 0 Å². The number of hydrogen-bond acceptors (Lipinski definition) is 4. The van der Waals surface area contributed by atoms with Crippen LogP contribution in [0.5, 0.6) is 17.2 Å². The van der Waals surface area contributed by atoms with Gasteiger partial charge in [0.15, 0.2) is 18.1 Å². The Morgan fingerprint density at radius 1 is 0.955 bits per heavy atom. The van der Waals surface area contributed by atoms with Gasteiger partial charge in [-0.05, 0) is 56.2 Å². The number of carbonyl (C=O) groups is 1. The van der Waals surface area contributed by atoms with Crippen LogP contribution in [0.25, 0.3) is 0 Å². The second kappa shape index (κ2) is 7.50. The molecule has 2 aromatic rings. The maximum atomic E-state index is 11.9. The van der Waals surface area contributed by atoms with E-state index in [1.807, 2.05) is 45.0 Å². The van der Waals surface area contributed by atoms with Crippen molar-refractivity contribution < 1.29 is 19.0 Å². The zero-order valence-corrected chi connectivity index (χ0v) is 13.1. The Hall–Kier alpha value is -2.49. The van der Waals surface area contributed by atoms with Gasteiger partial charge in [0.1, 0.15) is 5.75 Å².